The fourth-order valence-electron chi connectivity index (χ4n) is 2.63. The SMILES string of the molecule is O=c1cc(CNCc2cnc3ccccn23)nc2ccccn12. The first-order valence-electron chi connectivity index (χ1n) is 7.40. The van der Waals surface area contributed by atoms with Crippen LogP contribution in [0, 0.1) is 0 Å². The van der Waals surface area contributed by atoms with Crippen LogP contribution in [0.1, 0.15) is 11.4 Å². The standard InChI is InChI=1S/C17H15N5O/c23-17-9-13(20-16-6-2-4-8-22(16)17)10-18-11-14-12-19-15-5-1-3-7-21(14)15/h1-9,12,18H,10-11H2. The molecule has 0 unspecified atom stereocenters. The van der Waals surface area contributed by atoms with E-state index in [0.717, 1.165) is 17.0 Å². The van der Waals surface area contributed by atoms with Gasteiger partial charge < -0.3 is 9.72 Å². The van der Waals surface area contributed by atoms with Gasteiger partial charge >= 0.3 is 0 Å². The maximum atomic E-state index is 12.0. The Kier molecular flexibility index (Phi) is 3.36. The van der Waals surface area contributed by atoms with Gasteiger partial charge in [0.2, 0.25) is 0 Å². The van der Waals surface area contributed by atoms with Gasteiger partial charge in [-0.2, -0.15) is 0 Å². The minimum atomic E-state index is -0.0674. The van der Waals surface area contributed by atoms with Crippen LogP contribution in [-0.4, -0.2) is 18.8 Å². The van der Waals surface area contributed by atoms with E-state index in [9.17, 15) is 4.79 Å². The summed E-state index contributed by atoms with van der Waals surface area (Å²) in [4.78, 5) is 20.9. The first kappa shape index (κ1) is 13.7. The molecule has 23 heavy (non-hydrogen) atoms. The summed E-state index contributed by atoms with van der Waals surface area (Å²) in [5.41, 5.74) is 3.31. The average Bonchev–Trinajstić information content (AvgIpc) is 2.98. The fourth-order valence-corrected chi connectivity index (χ4v) is 2.63. The van der Waals surface area contributed by atoms with Crippen molar-refractivity contribution in [1.82, 2.24) is 24.1 Å². The predicted molar refractivity (Wildman–Crippen MR) is 87.2 cm³/mol. The van der Waals surface area contributed by atoms with Gasteiger partial charge in [0, 0.05) is 31.5 Å². The van der Waals surface area contributed by atoms with Crippen molar-refractivity contribution in [3.8, 4) is 0 Å². The highest BCUT2D eigenvalue weighted by molar-refractivity contribution is 5.40. The van der Waals surface area contributed by atoms with E-state index in [4.69, 9.17) is 0 Å². The lowest BCUT2D eigenvalue weighted by molar-refractivity contribution is 0.662. The van der Waals surface area contributed by atoms with Crippen molar-refractivity contribution in [2.24, 2.45) is 0 Å². The summed E-state index contributed by atoms with van der Waals surface area (Å²) in [5, 5.41) is 3.32. The Morgan fingerprint density at radius 2 is 1.74 bits per heavy atom. The quantitative estimate of drug-likeness (QED) is 0.622. The minimum absolute atomic E-state index is 0.0674. The molecule has 0 aromatic carbocycles. The second-order valence-corrected chi connectivity index (χ2v) is 5.30. The van der Waals surface area contributed by atoms with Gasteiger partial charge in [-0.05, 0) is 24.3 Å². The molecule has 0 bridgehead atoms. The Morgan fingerprint density at radius 1 is 0.957 bits per heavy atom. The van der Waals surface area contributed by atoms with E-state index >= 15 is 0 Å². The van der Waals surface area contributed by atoms with Crippen LogP contribution < -0.4 is 10.9 Å². The molecule has 0 radical (unpaired) electrons. The lowest BCUT2D eigenvalue weighted by atomic mass is 10.3. The lowest BCUT2D eigenvalue weighted by Crippen LogP contribution is -2.20. The molecule has 4 rings (SSSR count). The van der Waals surface area contributed by atoms with Gasteiger partial charge in [-0.15, -0.1) is 0 Å². The second kappa shape index (κ2) is 5.66. The molecule has 114 valence electrons. The van der Waals surface area contributed by atoms with Crippen molar-refractivity contribution >= 4 is 11.3 Å². The summed E-state index contributed by atoms with van der Waals surface area (Å²) >= 11 is 0. The molecular weight excluding hydrogens is 290 g/mol. The number of fused-ring (bicyclic) bond motifs is 2. The number of nitrogens with one attached hydrogen (secondary N) is 1. The van der Waals surface area contributed by atoms with Crippen molar-refractivity contribution in [3.05, 3.63) is 82.8 Å². The zero-order valence-electron chi connectivity index (χ0n) is 12.4. The van der Waals surface area contributed by atoms with Crippen LogP contribution in [-0.2, 0) is 13.1 Å². The maximum Gasteiger partial charge on any atom is 0.258 e. The Labute approximate surface area is 132 Å². The Morgan fingerprint density at radius 3 is 2.61 bits per heavy atom. The molecule has 1 N–H and O–H groups in total. The van der Waals surface area contributed by atoms with Crippen LogP contribution in [0.2, 0.25) is 0 Å². The molecule has 6 heteroatoms. The molecule has 0 aliphatic heterocycles. The van der Waals surface area contributed by atoms with Crippen molar-refractivity contribution in [1.29, 1.82) is 0 Å². The van der Waals surface area contributed by atoms with E-state index < -0.39 is 0 Å². The molecular formula is C17H15N5O. The molecule has 0 saturated heterocycles. The van der Waals surface area contributed by atoms with E-state index in [1.807, 2.05) is 53.2 Å². The molecule has 0 aliphatic carbocycles. The third kappa shape index (κ3) is 2.60. The lowest BCUT2D eigenvalue weighted by Gasteiger charge is -2.06. The molecule has 4 heterocycles. The highest BCUT2D eigenvalue weighted by Crippen LogP contribution is 2.06. The predicted octanol–water partition coefficient (Wildman–Crippen LogP) is 1.63. The van der Waals surface area contributed by atoms with E-state index in [2.05, 4.69) is 15.3 Å². The van der Waals surface area contributed by atoms with Crippen molar-refractivity contribution < 1.29 is 0 Å². The molecule has 4 aromatic rings. The molecule has 0 fully saturated rings. The summed E-state index contributed by atoms with van der Waals surface area (Å²) in [5.74, 6) is 0. The number of aromatic nitrogens is 4. The summed E-state index contributed by atoms with van der Waals surface area (Å²) in [6.45, 7) is 1.18. The number of hydrogen-bond donors (Lipinski definition) is 1. The van der Waals surface area contributed by atoms with Crippen molar-refractivity contribution in [2.45, 2.75) is 13.1 Å². The molecule has 6 nitrogen and oxygen atoms in total. The molecule has 0 atom stereocenters. The third-order valence-electron chi connectivity index (χ3n) is 3.73. The number of imidazole rings is 1. The first-order chi connectivity index (χ1) is 11.3. The minimum Gasteiger partial charge on any atom is -0.306 e. The zero-order valence-corrected chi connectivity index (χ0v) is 12.4. The van der Waals surface area contributed by atoms with Crippen molar-refractivity contribution in [3.63, 3.8) is 0 Å². The number of hydrogen-bond acceptors (Lipinski definition) is 4. The van der Waals surface area contributed by atoms with Crippen LogP contribution in [0.15, 0.2) is 65.8 Å². The van der Waals surface area contributed by atoms with Gasteiger partial charge in [0.25, 0.3) is 5.56 Å². The Hall–Kier alpha value is -2.99. The van der Waals surface area contributed by atoms with Gasteiger partial charge in [-0.3, -0.25) is 9.20 Å². The smallest absolute Gasteiger partial charge is 0.258 e. The second-order valence-electron chi connectivity index (χ2n) is 5.30. The van der Waals surface area contributed by atoms with E-state index in [1.165, 1.54) is 4.40 Å². The van der Waals surface area contributed by atoms with Gasteiger partial charge in [0.1, 0.15) is 11.3 Å². The molecule has 0 saturated carbocycles. The van der Waals surface area contributed by atoms with E-state index in [0.29, 0.717) is 18.7 Å². The summed E-state index contributed by atoms with van der Waals surface area (Å²) in [6.07, 6.45) is 5.56. The van der Waals surface area contributed by atoms with Crippen LogP contribution >= 0.6 is 0 Å². The average molecular weight is 305 g/mol. The largest absolute Gasteiger partial charge is 0.306 e. The maximum absolute atomic E-state index is 12.0. The topological polar surface area (TPSA) is 63.7 Å². The highest BCUT2D eigenvalue weighted by Gasteiger charge is 2.04. The van der Waals surface area contributed by atoms with E-state index in [1.54, 1.807) is 12.3 Å². The van der Waals surface area contributed by atoms with E-state index in [-0.39, 0.29) is 5.56 Å². The van der Waals surface area contributed by atoms with Gasteiger partial charge in [0.15, 0.2) is 0 Å². The molecule has 0 amide bonds. The summed E-state index contributed by atoms with van der Waals surface area (Å²) in [7, 11) is 0. The molecule has 4 aromatic heterocycles. The van der Waals surface area contributed by atoms with Crippen molar-refractivity contribution in [2.75, 3.05) is 0 Å². The number of nitrogens with zero attached hydrogens (tertiary/aromatic N) is 4. The van der Waals surface area contributed by atoms with Crippen LogP contribution in [0.5, 0.6) is 0 Å². The van der Waals surface area contributed by atoms with Crippen LogP contribution in [0.3, 0.4) is 0 Å². The number of pyridine rings is 2. The zero-order chi connectivity index (χ0) is 15.6. The van der Waals surface area contributed by atoms with Crippen LogP contribution in [0.4, 0.5) is 0 Å². The number of rotatable bonds is 4. The highest BCUT2D eigenvalue weighted by atomic mass is 16.1. The first-order valence-corrected chi connectivity index (χ1v) is 7.40. The Balaban J connectivity index is 1.52. The summed E-state index contributed by atoms with van der Waals surface area (Å²) < 4.78 is 3.57. The fraction of sp³-hybridized carbons (Fsp3) is 0.118. The monoisotopic (exact) mass is 305 g/mol. The molecule has 0 spiro atoms. The van der Waals surface area contributed by atoms with Gasteiger partial charge in [-0.25, -0.2) is 9.97 Å². The third-order valence-corrected chi connectivity index (χ3v) is 3.73. The van der Waals surface area contributed by atoms with Gasteiger partial charge in [0.05, 0.1) is 17.6 Å². The van der Waals surface area contributed by atoms with Gasteiger partial charge in [-0.1, -0.05) is 12.1 Å². The molecule has 0 aliphatic rings. The normalized spacial score (nSPS) is 11.3. The van der Waals surface area contributed by atoms with Crippen LogP contribution in [0.25, 0.3) is 11.3 Å². The Bertz CT molecular complexity index is 1030. The summed E-state index contributed by atoms with van der Waals surface area (Å²) in [6, 6.07) is 13.0.